The van der Waals surface area contributed by atoms with Crippen LogP contribution in [0.3, 0.4) is 0 Å². The number of hydrogen-bond donors (Lipinski definition) is 1. The summed E-state index contributed by atoms with van der Waals surface area (Å²) in [6.45, 7) is 7.79. The van der Waals surface area contributed by atoms with E-state index in [1.807, 2.05) is 6.26 Å². The molecule has 0 saturated carbocycles. The number of rotatable bonds is 2. The van der Waals surface area contributed by atoms with Gasteiger partial charge in [0.2, 0.25) is 0 Å². The molecule has 2 heteroatoms. The minimum atomic E-state index is 0.359. The first-order valence-corrected chi connectivity index (χ1v) is 5.42. The van der Waals surface area contributed by atoms with Crippen LogP contribution < -0.4 is 5.32 Å². The van der Waals surface area contributed by atoms with Crippen LogP contribution in [0.1, 0.15) is 44.6 Å². The smallest absolute Gasteiger partial charge is 0.109 e. The molecular formula is C12H19NO. The second-order valence-corrected chi connectivity index (χ2v) is 4.95. The number of hydrogen-bond acceptors (Lipinski definition) is 2. The van der Waals surface area contributed by atoms with Crippen LogP contribution in [0.2, 0.25) is 0 Å². The molecule has 78 valence electrons. The third-order valence-corrected chi connectivity index (χ3v) is 3.00. The van der Waals surface area contributed by atoms with Crippen LogP contribution in [-0.4, -0.2) is 6.54 Å². The maximum absolute atomic E-state index is 5.53. The van der Waals surface area contributed by atoms with Gasteiger partial charge in [-0.05, 0) is 24.4 Å². The highest BCUT2D eigenvalue weighted by Gasteiger charge is 2.33. The van der Waals surface area contributed by atoms with Crippen molar-refractivity contribution in [1.82, 2.24) is 5.32 Å². The van der Waals surface area contributed by atoms with Crippen molar-refractivity contribution in [3.8, 4) is 0 Å². The Kier molecular flexibility index (Phi) is 2.40. The molecule has 0 fully saturated rings. The van der Waals surface area contributed by atoms with Crippen LogP contribution in [-0.2, 0) is 6.42 Å². The third kappa shape index (κ3) is 1.71. The van der Waals surface area contributed by atoms with Gasteiger partial charge in [-0.15, -0.1) is 0 Å². The molecule has 2 rings (SSSR count). The average molecular weight is 193 g/mol. The van der Waals surface area contributed by atoms with Crippen molar-refractivity contribution in [1.29, 1.82) is 0 Å². The average Bonchev–Trinajstić information content (AvgIpc) is 2.50. The Bertz CT molecular complexity index is 314. The second-order valence-electron chi connectivity index (χ2n) is 4.95. The molecule has 1 N–H and O–H groups in total. The number of fused-ring (bicyclic) bond motifs is 1. The predicted octanol–water partition coefficient (Wildman–Crippen LogP) is 2.90. The highest BCUT2D eigenvalue weighted by atomic mass is 16.3. The standard InChI is InChI=1S/C12H19NO/c1-4-13-10-7-12(2,3)8-11-9(10)5-6-14-11/h5-6,10,13H,4,7-8H2,1-3H3. The molecule has 1 heterocycles. The quantitative estimate of drug-likeness (QED) is 0.781. The summed E-state index contributed by atoms with van der Waals surface area (Å²) in [6, 6.07) is 2.59. The van der Waals surface area contributed by atoms with Crippen LogP contribution in [0, 0.1) is 5.41 Å². The van der Waals surface area contributed by atoms with E-state index < -0.39 is 0 Å². The van der Waals surface area contributed by atoms with Crippen molar-refractivity contribution in [2.24, 2.45) is 5.41 Å². The van der Waals surface area contributed by atoms with Gasteiger partial charge in [0.05, 0.1) is 6.26 Å². The minimum absolute atomic E-state index is 0.359. The van der Waals surface area contributed by atoms with E-state index in [-0.39, 0.29) is 0 Å². The van der Waals surface area contributed by atoms with Gasteiger partial charge in [0, 0.05) is 18.0 Å². The summed E-state index contributed by atoms with van der Waals surface area (Å²) in [5.41, 5.74) is 1.73. The van der Waals surface area contributed by atoms with Crippen molar-refractivity contribution in [2.75, 3.05) is 6.54 Å². The predicted molar refractivity (Wildman–Crippen MR) is 57.2 cm³/mol. The summed E-state index contributed by atoms with van der Waals surface area (Å²) in [4.78, 5) is 0. The molecule has 1 unspecified atom stereocenters. The fraction of sp³-hybridized carbons (Fsp3) is 0.667. The van der Waals surface area contributed by atoms with Crippen molar-refractivity contribution < 1.29 is 4.42 Å². The first-order chi connectivity index (χ1) is 6.62. The Morgan fingerprint density at radius 2 is 2.36 bits per heavy atom. The SMILES string of the molecule is CCNC1CC(C)(C)Cc2occc21. The van der Waals surface area contributed by atoms with Crippen molar-refractivity contribution in [2.45, 2.75) is 39.7 Å². The van der Waals surface area contributed by atoms with Gasteiger partial charge in [-0.3, -0.25) is 0 Å². The van der Waals surface area contributed by atoms with Gasteiger partial charge in [0.15, 0.2) is 0 Å². The normalized spacial score (nSPS) is 24.6. The molecule has 0 saturated heterocycles. The Morgan fingerprint density at radius 3 is 3.07 bits per heavy atom. The molecule has 2 nitrogen and oxygen atoms in total. The fourth-order valence-corrected chi connectivity index (χ4v) is 2.40. The summed E-state index contributed by atoms with van der Waals surface area (Å²) in [5, 5.41) is 3.52. The summed E-state index contributed by atoms with van der Waals surface area (Å²) in [7, 11) is 0. The van der Waals surface area contributed by atoms with Crippen LogP contribution in [0.4, 0.5) is 0 Å². The van der Waals surface area contributed by atoms with Gasteiger partial charge < -0.3 is 9.73 Å². The van der Waals surface area contributed by atoms with Gasteiger partial charge in [-0.25, -0.2) is 0 Å². The lowest BCUT2D eigenvalue weighted by Gasteiger charge is -2.34. The Balaban J connectivity index is 2.28. The summed E-state index contributed by atoms with van der Waals surface area (Å²) in [6.07, 6.45) is 4.08. The molecule has 0 radical (unpaired) electrons. The molecule has 0 aromatic carbocycles. The lowest BCUT2D eigenvalue weighted by Crippen LogP contribution is -2.32. The van der Waals surface area contributed by atoms with E-state index >= 15 is 0 Å². The third-order valence-electron chi connectivity index (χ3n) is 3.00. The van der Waals surface area contributed by atoms with E-state index in [0.29, 0.717) is 11.5 Å². The van der Waals surface area contributed by atoms with Crippen molar-refractivity contribution in [3.05, 3.63) is 23.7 Å². The van der Waals surface area contributed by atoms with Crippen molar-refractivity contribution >= 4 is 0 Å². The molecule has 1 aliphatic carbocycles. The molecule has 1 aromatic heterocycles. The Morgan fingerprint density at radius 1 is 1.57 bits per heavy atom. The van der Waals surface area contributed by atoms with Gasteiger partial charge in [-0.2, -0.15) is 0 Å². The monoisotopic (exact) mass is 193 g/mol. The number of nitrogens with one attached hydrogen (secondary N) is 1. The largest absolute Gasteiger partial charge is 0.469 e. The van der Waals surface area contributed by atoms with Crippen molar-refractivity contribution in [3.63, 3.8) is 0 Å². The zero-order chi connectivity index (χ0) is 10.2. The topological polar surface area (TPSA) is 25.2 Å². The fourth-order valence-electron chi connectivity index (χ4n) is 2.40. The van der Waals surface area contributed by atoms with Gasteiger partial charge in [0.1, 0.15) is 5.76 Å². The maximum Gasteiger partial charge on any atom is 0.109 e. The highest BCUT2D eigenvalue weighted by molar-refractivity contribution is 5.26. The van der Waals surface area contributed by atoms with Crippen LogP contribution in [0.25, 0.3) is 0 Å². The second kappa shape index (κ2) is 3.43. The number of furan rings is 1. The van der Waals surface area contributed by atoms with Crippen LogP contribution in [0.15, 0.2) is 16.7 Å². The zero-order valence-corrected chi connectivity index (χ0v) is 9.26. The summed E-state index contributed by atoms with van der Waals surface area (Å²) in [5.74, 6) is 1.17. The molecule has 0 aliphatic heterocycles. The molecule has 1 aromatic rings. The summed E-state index contributed by atoms with van der Waals surface area (Å²) < 4.78 is 5.53. The molecule has 0 spiro atoms. The highest BCUT2D eigenvalue weighted by Crippen LogP contribution is 2.40. The first kappa shape index (κ1) is 9.78. The molecule has 1 aliphatic rings. The summed E-state index contributed by atoms with van der Waals surface area (Å²) >= 11 is 0. The van der Waals surface area contributed by atoms with Gasteiger partial charge in [-0.1, -0.05) is 20.8 Å². The van der Waals surface area contributed by atoms with E-state index in [1.54, 1.807) is 0 Å². The van der Waals surface area contributed by atoms with E-state index in [9.17, 15) is 0 Å². The molecule has 0 amide bonds. The Labute approximate surface area is 85.7 Å². The van der Waals surface area contributed by atoms with E-state index in [0.717, 1.165) is 13.0 Å². The first-order valence-electron chi connectivity index (χ1n) is 5.42. The molecule has 1 atom stereocenters. The van der Waals surface area contributed by atoms with E-state index in [2.05, 4.69) is 32.2 Å². The van der Waals surface area contributed by atoms with Gasteiger partial charge in [0.25, 0.3) is 0 Å². The van der Waals surface area contributed by atoms with E-state index in [4.69, 9.17) is 4.42 Å². The lowest BCUT2D eigenvalue weighted by atomic mass is 9.75. The van der Waals surface area contributed by atoms with E-state index in [1.165, 1.54) is 17.7 Å². The molecule has 0 bridgehead atoms. The molecular weight excluding hydrogens is 174 g/mol. The maximum atomic E-state index is 5.53. The minimum Gasteiger partial charge on any atom is -0.469 e. The van der Waals surface area contributed by atoms with Crippen LogP contribution in [0.5, 0.6) is 0 Å². The Hall–Kier alpha value is -0.760. The van der Waals surface area contributed by atoms with Crippen LogP contribution >= 0.6 is 0 Å². The van der Waals surface area contributed by atoms with Gasteiger partial charge >= 0.3 is 0 Å². The molecule has 14 heavy (non-hydrogen) atoms. The lowest BCUT2D eigenvalue weighted by molar-refractivity contribution is 0.237. The zero-order valence-electron chi connectivity index (χ0n) is 9.26.